The molecule has 1 aliphatic carbocycles. The van der Waals surface area contributed by atoms with Crippen LogP contribution in [0.15, 0.2) is 53.1 Å². The van der Waals surface area contributed by atoms with Crippen molar-refractivity contribution in [2.75, 3.05) is 26.6 Å². The van der Waals surface area contributed by atoms with E-state index >= 15 is 0 Å². The largest absolute Gasteiger partial charge is 0.497 e. The predicted octanol–water partition coefficient (Wildman–Crippen LogP) is 4.04. The Morgan fingerprint density at radius 1 is 0.966 bits per heavy atom. The Balaban J connectivity index is 1.54. The summed E-state index contributed by atoms with van der Waals surface area (Å²) in [6, 6.07) is 14.5. The van der Waals surface area contributed by atoms with Crippen LogP contribution in [0.2, 0.25) is 0 Å². The maximum absolute atomic E-state index is 12.9. The lowest BCUT2D eigenvalue weighted by Crippen LogP contribution is -2.28. The zero-order valence-electron chi connectivity index (χ0n) is 16.5. The van der Waals surface area contributed by atoms with E-state index in [1.165, 1.54) is 0 Å². The van der Waals surface area contributed by atoms with Gasteiger partial charge in [-0.15, -0.1) is 0 Å². The molecule has 1 N–H and O–H groups in total. The Kier molecular flexibility index (Phi) is 4.88. The van der Waals surface area contributed by atoms with Gasteiger partial charge in [-0.05, 0) is 55.3 Å². The molecule has 0 unspecified atom stereocenters. The van der Waals surface area contributed by atoms with E-state index < -0.39 is 5.41 Å². The number of carbonyl (C=O) groups is 1. The van der Waals surface area contributed by atoms with Crippen LogP contribution in [0.4, 0.5) is 5.69 Å². The second-order valence-electron chi connectivity index (χ2n) is 6.91. The van der Waals surface area contributed by atoms with Gasteiger partial charge in [0.25, 0.3) is 0 Å². The molecule has 0 atom stereocenters. The summed E-state index contributed by atoms with van der Waals surface area (Å²) in [5, 5.41) is 7.15. The summed E-state index contributed by atoms with van der Waals surface area (Å²) in [4.78, 5) is 12.9. The molecule has 4 rings (SSSR count). The minimum absolute atomic E-state index is 0.0881. The van der Waals surface area contributed by atoms with Crippen LogP contribution >= 0.6 is 0 Å². The van der Waals surface area contributed by atoms with E-state index in [-0.39, 0.29) is 5.91 Å². The first-order valence-electron chi connectivity index (χ1n) is 9.25. The third kappa shape index (κ3) is 3.51. The molecule has 1 amide bonds. The van der Waals surface area contributed by atoms with Crippen LogP contribution in [0.25, 0.3) is 11.3 Å². The molecule has 1 heterocycles. The quantitative estimate of drug-likeness (QED) is 0.651. The molecular weight excluding hydrogens is 372 g/mol. The van der Waals surface area contributed by atoms with Gasteiger partial charge >= 0.3 is 0 Å². The van der Waals surface area contributed by atoms with Crippen molar-refractivity contribution in [3.05, 3.63) is 54.2 Å². The van der Waals surface area contributed by atoms with Gasteiger partial charge in [0.1, 0.15) is 5.75 Å². The molecule has 3 aromatic rings. The zero-order valence-corrected chi connectivity index (χ0v) is 16.5. The minimum Gasteiger partial charge on any atom is -0.497 e. The number of methoxy groups -OCH3 is 3. The first-order chi connectivity index (χ1) is 14.1. The monoisotopic (exact) mass is 394 g/mol. The standard InChI is InChI=1S/C22H22N2O5/c1-26-16-7-5-15(6-8-16)23-21(25)22(10-11-22)20-13-18(29-24-20)14-4-9-17(27-2)19(12-14)28-3/h4-9,12-13H,10-11H2,1-3H3,(H,23,25). The first-order valence-corrected chi connectivity index (χ1v) is 9.25. The van der Waals surface area contributed by atoms with Crippen LogP contribution in [0.3, 0.4) is 0 Å². The fraction of sp³-hybridized carbons (Fsp3) is 0.273. The van der Waals surface area contributed by atoms with E-state index in [0.717, 1.165) is 24.2 Å². The number of nitrogens with one attached hydrogen (secondary N) is 1. The lowest BCUT2D eigenvalue weighted by atomic mass is 10.00. The first kappa shape index (κ1) is 18.9. The highest BCUT2D eigenvalue weighted by Crippen LogP contribution is 2.49. The van der Waals surface area contributed by atoms with Gasteiger partial charge in [0.2, 0.25) is 5.91 Å². The number of benzene rings is 2. The van der Waals surface area contributed by atoms with Crippen molar-refractivity contribution in [2.24, 2.45) is 0 Å². The van der Waals surface area contributed by atoms with Crippen molar-refractivity contribution in [1.29, 1.82) is 0 Å². The average molecular weight is 394 g/mol. The lowest BCUT2D eigenvalue weighted by molar-refractivity contribution is -0.118. The van der Waals surface area contributed by atoms with Crippen LogP contribution in [-0.2, 0) is 10.2 Å². The van der Waals surface area contributed by atoms with E-state index in [1.807, 2.05) is 30.3 Å². The molecule has 1 aliphatic rings. The SMILES string of the molecule is COc1ccc(NC(=O)C2(c3cc(-c4ccc(OC)c(OC)c4)on3)CC2)cc1. The smallest absolute Gasteiger partial charge is 0.236 e. The number of nitrogens with zero attached hydrogens (tertiary/aromatic N) is 1. The van der Waals surface area contributed by atoms with Crippen molar-refractivity contribution in [1.82, 2.24) is 5.16 Å². The fourth-order valence-corrected chi connectivity index (χ4v) is 3.28. The summed E-state index contributed by atoms with van der Waals surface area (Å²) in [6.45, 7) is 0. The van der Waals surface area contributed by atoms with E-state index in [0.29, 0.717) is 28.6 Å². The van der Waals surface area contributed by atoms with Gasteiger partial charge in [0.05, 0.1) is 32.4 Å². The van der Waals surface area contributed by atoms with E-state index in [4.69, 9.17) is 18.7 Å². The predicted molar refractivity (Wildman–Crippen MR) is 108 cm³/mol. The van der Waals surface area contributed by atoms with Crippen LogP contribution in [-0.4, -0.2) is 32.4 Å². The molecule has 0 saturated heterocycles. The van der Waals surface area contributed by atoms with Crippen LogP contribution in [0.5, 0.6) is 17.2 Å². The minimum atomic E-state index is -0.655. The van der Waals surface area contributed by atoms with Gasteiger partial charge in [-0.25, -0.2) is 0 Å². The maximum atomic E-state index is 12.9. The third-order valence-electron chi connectivity index (χ3n) is 5.20. The average Bonchev–Trinajstić information content (AvgIpc) is 3.43. The number of hydrogen-bond acceptors (Lipinski definition) is 6. The number of ether oxygens (including phenoxy) is 3. The van der Waals surface area contributed by atoms with Crippen molar-refractivity contribution < 1.29 is 23.5 Å². The molecule has 0 bridgehead atoms. The third-order valence-corrected chi connectivity index (χ3v) is 5.20. The summed E-state index contributed by atoms with van der Waals surface area (Å²) in [6.07, 6.45) is 1.46. The molecular formula is C22H22N2O5. The van der Waals surface area contributed by atoms with Crippen LogP contribution < -0.4 is 19.5 Å². The Morgan fingerprint density at radius 2 is 1.69 bits per heavy atom. The maximum Gasteiger partial charge on any atom is 0.236 e. The molecule has 0 radical (unpaired) electrons. The Morgan fingerprint density at radius 3 is 2.31 bits per heavy atom. The lowest BCUT2D eigenvalue weighted by Gasteiger charge is -2.12. The van der Waals surface area contributed by atoms with Crippen LogP contribution in [0, 0.1) is 0 Å². The summed E-state index contributed by atoms with van der Waals surface area (Å²) >= 11 is 0. The van der Waals surface area contributed by atoms with Crippen molar-refractivity contribution >= 4 is 11.6 Å². The highest BCUT2D eigenvalue weighted by molar-refractivity contribution is 6.01. The second-order valence-corrected chi connectivity index (χ2v) is 6.91. The fourth-order valence-electron chi connectivity index (χ4n) is 3.28. The van der Waals surface area contributed by atoms with Crippen molar-refractivity contribution in [2.45, 2.75) is 18.3 Å². The zero-order chi connectivity index (χ0) is 20.4. The normalized spacial score (nSPS) is 14.2. The molecule has 150 valence electrons. The van der Waals surface area contributed by atoms with Gasteiger partial charge in [0, 0.05) is 17.3 Å². The topological polar surface area (TPSA) is 82.8 Å². The molecule has 1 fully saturated rings. The molecule has 1 aromatic heterocycles. The number of hydrogen-bond donors (Lipinski definition) is 1. The highest BCUT2D eigenvalue weighted by atomic mass is 16.5. The summed E-state index contributed by atoms with van der Waals surface area (Å²) in [7, 11) is 4.77. The van der Waals surface area contributed by atoms with Gasteiger partial charge < -0.3 is 24.1 Å². The molecule has 7 nitrogen and oxygen atoms in total. The van der Waals surface area contributed by atoms with E-state index in [2.05, 4.69) is 10.5 Å². The second kappa shape index (κ2) is 7.50. The number of anilines is 1. The molecule has 0 spiro atoms. The number of carbonyl (C=O) groups excluding carboxylic acids is 1. The van der Waals surface area contributed by atoms with E-state index in [1.54, 1.807) is 39.5 Å². The molecule has 0 aliphatic heterocycles. The van der Waals surface area contributed by atoms with Gasteiger partial charge in [-0.3, -0.25) is 4.79 Å². The molecule has 1 saturated carbocycles. The van der Waals surface area contributed by atoms with Gasteiger partial charge in [-0.1, -0.05) is 5.16 Å². The van der Waals surface area contributed by atoms with Crippen LogP contribution in [0.1, 0.15) is 18.5 Å². The highest BCUT2D eigenvalue weighted by Gasteiger charge is 2.53. The Bertz CT molecular complexity index is 1020. The summed E-state index contributed by atoms with van der Waals surface area (Å²) in [5.74, 6) is 2.45. The van der Waals surface area contributed by atoms with Gasteiger partial charge in [-0.2, -0.15) is 0 Å². The van der Waals surface area contributed by atoms with Crippen molar-refractivity contribution in [3.63, 3.8) is 0 Å². The van der Waals surface area contributed by atoms with E-state index in [9.17, 15) is 4.79 Å². The molecule has 7 heteroatoms. The molecule has 29 heavy (non-hydrogen) atoms. The van der Waals surface area contributed by atoms with Gasteiger partial charge in [0.15, 0.2) is 17.3 Å². The summed E-state index contributed by atoms with van der Waals surface area (Å²) in [5.41, 5.74) is 1.49. The Labute approximate surface area is 168 Å². The molecule has 2 aromatic carbocycles. The van der Waals surface area contributed by atoms with Crippen molar-refractivity contribution in [3.8, 4) is 28.6 Å². The number of rotatable bonds is 7. The number of amides is 1. The summed E-state index contributed by atoms with van der Waals surface area (Å²) < 4.78 is 21.3. The number of aromatic nitrogens is 1. The Hall–Kier alpha value is -3.48.